The van der Waals surface area contributed by atoms with Gasteiger partial charge in [0.05, 0.1) is 25.4 Å². The molecule has 1 rings (SSSR count). The van der Waals surface area contributed by atoms with Crippen LogP contribution in [0, 0.1) is 0 Å². The van der Waals surface area contributed by atoms with Crippen LogP contribution in [0.1, 0.15) is 233 Å². The van der Waals surface area contributed by atoms with Crippen molar-refractivity contribution >= 4 is 11.9 Å². The number of carbonyl (C=O) groups excluding carboxylic acids is 2. The van der Waals surface area contributed by atoms with E-state index < -0.39 is 67.4 Å². The Kier molecular flexibility index (Phi) is 46.2. The van der Waals surface area contributed by atoms with Gasteiger partial charge in [-0.25, -0.2) is 0 Å². The van der Waals surface area contributed by atoms with Crippen LogP contribution in [0.5, 0.6) is 0 Å². The number of esters is 1. The maximum Gasteiger partial charge on any atom is 0.306 e. The van der Waals surface area contributed by atoms with Gasteiger partial charge in [-0.05, 0) is 89.9 Å². The molecule has 6 N–H and O–H groups in total. The van der Waals surface area contributed by atoms with Crippen molar-refractivity contribution in [2.75, 3.05) is 13.2 Å². The second kappa shape index (κ2) is 49.7. The number of ether oxygens (including phenoxy) is 3. The normalized spacial score (nSPS) is 20.0. The molecule has 1 amide bonds. The van der Waals surface area contributed by atoms with Crippen LogP contribution in [0.4, 0.5) is 0 Å². The van der Waals surface area contributed by atoms with Gasteiger partial charge in [-0.15, -0.1) is 0 Å². The largest absolute Gasteiger partial charge is 0.454 e. The first-order valence-corrected chi connectivity index (χ1v) is 29.4. The van der Waals surface area contributed by atoms with Gasteiger partial charge in [0, 0.05) is 6.42 Å². The summed E-state index contributed by atoms with van der Waals surface area (Å²) < 4.78 is 17.5. The van der Waals surface area contributed by atoms with Crippen LogP contribution in [-0.2, 0) is 23.8 Å². The van der Waals surface area contributed by atoms with Crippen molar-refractivity contribution in [2.45, 2.75) is 282 Å². The number of allylic oxidation sites excluding steroid dienone is 13. The zero-order valence-corrected chi connectivity index (χ0v) is 46.2. The predicted molar refractivity (Wildman–Crippen MR) is 301 cm³/mol. The van der Waals surface area contributed by atoms with E-state index in [0.717, 1.165) is 116 Å². The molecule has 8 unspecified atom stereocenters. The van der Waals surface area contributed by atoms with Crippen LogP contribution in [0.15, 0.2) is 85.1 Å². The molecule has 8 atom stereocenters. The zero-order valence-electron chi connectivity index (χ0n) is 46.2. The van der Waals surface area contributed by atoms with E-state index in [1.165, 1.54) is 70.6 Å². The standard InChI is InChI=1S/C62H107NO10/c1-4-7-10-13-16-19-22-24-25-26-27-28-29-30-32-35-37-40-43-46-49-55(66)61(70)63-53(54(65)48-45-42-39-36-34-31-23-20-17-14-11-8-5-2)52-71-62-60(59(69)58(68)56(51-64)72-62)73-57(67)50-47-44-41-38-33-21-18-15-12-9-6-3/h7,10,15-16,18-19,24-25,27-28,30,32,45,48,53-56,58-60,62,64-66,68-69H,4-6,8-9,11-14,17,20-23,26,29,31,33-44,46-47,49-52H2,1-3H3,(H,63,70)/b10-7-,18-15-,19-16-,25-24-,28-27-,32-30-,48-45+. The molecule has 1 aliphatic heterocycles. The molecular weight excluding hydrogens is 919 g/mol. The number of hydrogen-bond donors (Lipinski definition) is 6. The Balaban J connectivity index is 2.74. The van der Waals surface area contributed by atoms with Gasteiger partial charge < -0.3 is 45.1 Å². The molecule has 0 aromatic heterocycles. The van der Waals surface area contributed by atoms with Crippen molar-refractivity contribution < 1.29 is 49.3 Å². The molecular formula is C62H107NO10. The molecule has 1 aliphatic rings. The molecule has 1 saturated heterocycles. The van der Waals surface area contributed by atoms with Gasteiger partial charge in [-0.1, -0.05) is 221 Å². The molecule has 0 aromatic rings. The monoisotopic (exact) mass is 1030 g/mol. The Bertz CT molecular complexity index is 1510. The van der Waals surface area contributed by atoms with E-state index >= 15 is 0 Å². The van der Waals surface area contributed by atoms with Crippen LogP contribution in [0.25, 0.3) is 0 Å². The summed E-state index contributed by atoms with van der Waals surface area (Å²) in [4.78, 5) is 26.4. The Hall–Kier alpha value is -3.16. The molecule has 11 heteroatoms. The maximum atomic E-state index is 13.4. The van der Waals surface area contributed by atoms with Crippen LogP contribution >= 0.6 is 0 Å². The summed E-state index contributed by atoms with van der Waals surface area (Å²) in [7, 11) is 0. The van der Waals surface area contributed by atoms with Crippen molar-refractivity contribution in [1.29, 1.82) is 0 Å². The van der Waals surface area contributed by atoms with Gasteiger partial charge in [-0.3, -0.25) is 9.59 Å². The first-order valence-electron chi connectivity index (χ1n) is 29.4. The lowest BCUT2D eigenvalue weighted by Crippen LogP contribution is -2.61. The van der Waals surface area contributed by atoms with Crippen molar-refractivity contribution in [3.8, 4) is 0 Å². The van der Waals surface area contributed by atoms with Gasteiger partial charge >= 0.3 is 5.97 Å². The lowest BCUT2D eigenvalue weighted by Gasteiger charge is -2.41. The fourth-order valence-electron chi connectivity index (χ4n) is 8.60. The van der Waals surface area contributed by atoms with Gasteiger partial charge in [0.1, 0.15) is 24.4 Å². The summed E-state index contributed by atoms with van der Waals surface area (Å²) in [5, 5.41) is 56.8. The number of nitrogens with one attached hydrogen (secondary N) is 1. The summed E-state index contributed by atoms with van der Waals surface area (Å²) in [6.45, 7) is 5.60. The highest BCUT2D eigenvalue weighted by atomic mass is 16.7. The number of amides is 1. The molecule has 0 aliphatic carbocycles. The first kappa shape index (κ1) is 67.9. The molecule has 0 radical (unpaired) electrons. The molecule has 0 bridgehead atoms. The van der Waals surface area contributed by atoms with Crippen molar-refractivity contribution in [3.63, 3.8) is 0 Å². The lowest BCUT2D eigenvalue weighted by atomic mass is 9.99. The summed E-state index contributed by atoms with van der Waals surface area (Å²) in [6, 6.07) is -1.04. The summed E-state index contributed by atoms with van der Waals surface area (Å²) in [5.74, 6) is -1.23. The molecule has 420 valence electrons. The fraction of sp³-hybridized carbons (Fsp3) is 0.742. The number of hydrogen-bond acceptors (Lipinski definition) is 10. The smallest absolute Gasteiger partial charge is 0.306 e. The van der Waals surface area contributed by atoms with Crippen LogP contribution in [0.3, 0.4) is 0 Å². The molecule has 0 saturated carbocycles. The number of carbonyl (C=O) groups is 2. The van der Waals surface area contributed by atoms with E-state index in [1.54, 1.807) is 6.08 Å². The zero-order chi connectivity index (χ0) is 53.3. The molecule has 11 nitrogen and oxygen atoms in total. The second-order valence-corrected chi connectivity index (χ2v) is 20.0. The first-order chi connectivity index (χ1) is 35.7. The van der Waals surface area contributed by atoms with E-state index in [0.29, 0.717) is 12.8 Å². The number of aliphatic hydroxyl groups excluding tert-OH is 5. The quantitative estimate of drug-likeness (QED) is 0.0195. The topological polar surface area (TPSA) is 175 Å². The van der Waals surface area contributed by atoms with E-state index in [1.807, 2.05) is 6.08 Å². The van der Waals surface area contributed by atoms with Crippen molar-refractivity contribution in [2.24, 2.45) is 0 Å². The van der Waals surface area contributed by atoms with E-state index in [2.05, 4.69) is 99.0 Å². The van der Waals surface area contributed by atoms with Gasteiger partial charge in [0.15, 0.2) is 12.4 Å². The van der Waals surface area contributed by atoms with Gasteiger partial charge in [0.2, 0.25) is 5.91 Å². The Morgan fingerprint density at radius 2 is 1.00 bits per heavy atom. The number of aliphatic hydroxyl groups is 5. The van der Waals surface area contributed by atoms with Gasteiger partial charge in [0.25, 0.3) is 0 Å². The number of unbranched alkanes of at least 4 members (excludes halogenated alkanes) is 22. The minimum atomic E-state index is -1.62. The van der Waals surface area contributed by atoms with Crippen molar-refractivity contribution in [1.82, 2.24) is 5.32 Å². The second-order valence-electron chi connectivity index (χ2n) is 20.0. The van der Waals surface area contributed by atoms with Gasteiger partial charge in [-0.2, -0.15) is 0 Å². The van der Waals surface area contributed by atoms with E-state index in [4.69, 9.17) is 14.2 Å². The SMILES string of the molecule is CC/C=C\C/C=C\C/C=C\C/C=C\C/C=C\CCCCCCC(O)C(=O)NC(COC1OC(CO)C(O)C(O)C1OC(=O)CCCCCCC/C=C\CCCC)C(O)/C=C/CCCCCCCCCCCCC. The highest BCUT2D eigenvalue weighted by molar-refractivity contribution is 5.80. The van der Waals surface area contributed by atoms with Crippen LogP contribution < -0.4 is 5.32 Å². The minimum Gasteiger partial charge on any atom is -0.454 e. The highest BCUT2D eigenvalue weighted by Crippen LogP contribution is 2.26. The van der Waals surface area contributed by atoms with E-state index in [9.17, 15) is 35.1 Å². The Morgan fingerprint density at radius 3 is 1.53 bits per heavy atom. The molecule has 0 spiro atoms. The summed E-state index contributed by atoms with van der Waals surface area (Å²) in [6.07, 6.45) is 53.4. The summed E-state index contributed by atoms with van der Waals surface area (Å²) >= 11 is 0. The fourth-order valence-corrected chi connectivity index (χ4v) is 8.60. The van der Waals surface area contributed by atoms with Crippen LogP contribution in [0.2, 0.25) is 0 Å². The Labute approximate surface area is 444 Å². The number of rotatable bonds is 48. The minimum absolute atomic E-state index is 0.107. The van der Waals surface area contributed by atoms with E-state index in [-0.39, 0.29) is 19.4 Å². The average molecular weight is 1030 g/mol. The molecule has 73 heavy (non-hydrogen) atoms. The maximum absolute atomic E-state index is 13.4. The molecule has 1 heterocycles. The summed E-state index contributed by atoms with van der Waals surface area (Å²) in [5.41, 5.74) is 0. The van der Waals surface area contributed by atoms with Crippen LogP contribution in [-0.4, -0.2) is 99.6 Å². The predicted octanol–water partition coefficient (Wildman–Crippen LogP) is 13.4. The highest BCUT2D eigenvalue weighted by Gasteiger charge is 2.47. The lowest BCUT2D eigenvalue weighted by molar-refractivity contribution is -0.305. The molecule has 1 fully saturated rings. The Morgan fingerprint density at radius 1 is 0.548 bits per heavy atom. The molecule has 0 aromatic carbocycles. The third-order valence-electron chi connectivity index (χ3n) is 13.3. The van der Waals surface area contributed by atoms with Crippen molar-refractivity contribution in [3.05, 3.63) is 85.1 Å². The third kappa shape index (κ3) is 38.1. The average Bonchev–Trinajstić information content (AvgIpc) is 3.39. The third-order valence-corrected chi connectivity index (χ3v) is 13.3.